The van der Waals surface area contributed by atoms with Gasteiger partial charge in [-0.2, -0.15) is 0 Å². The van der Waals surface area contributed by atoms with Crippen molar-refractivity contribution in [3.8, 4) is 0 Å². The zero-order chi connectivity index (χ0) is 23.1. The van der Waals surface area contributed by atoms with Crippen LogP contribution in [0.4, 0.5) is 0 Å². The average molecular weight is 450 g/mol. The van der Waals surface area contributed by atoms with Crippen LogP contribution in [0, 0.1) is 6.92 Å². The number of phosphoric acid groups is 1. The highest BCUT2D eigenvalue weighted by Gasteiger charge is 2.37. The number of aliphatic hydroxyl groups is 1. The molecule has 1 fully saturated rings. The van der Waals surface area contributed by atoms with Crippen molar-refractivity contribution in [3.63, 3.8) is 0 Å². The number of phosphoric ester groups is 1. The van der Waals surface area contributed by atoms with Crippen molar-refractivity contribution in [2.75, 3.05) is 13.2 Å². The summed E-state index contributed by atoms with van der Waals surface area (Å²) in [5.74, 6) is -0.295. The molecule has 0 saturated carbocycles. The molecule has 1 aromatic rings. The first-order chi connectivity index (χ1) is 13.9. The van der Waals surface area contributed by atoms with E-state index in [1.54, 1.807) is 6.92 Å². The van der Waals surface area contributed by atoms with Crippen molar-refractivity contribution in [2.45, 2.75) is 52.0 Å². The molecule has 2 heterocycles. The van der Waals surface area contributed by atoms with Crippen LogP contribution in [-0.2, 0) is 23.4 Å². The predicted octanol–water partition coefficient (Wildman–Crippen LogP) is 0.118. The highest BCUT2D eigenvalue weighted by atomic mass is 31.2. The van der Waals surface area contributed by atoms with Crippen molar-refractivity contribution in [3.05, 3.63) is 44.8 Å². The summed E-state index contributed by atoms with van der Waals surface area (Å²) >= 11 is 0. The molecule has 0 aromatic carbocycles. The minimum Gasteiger partial charge on any atom is -0.462 e. The van der Waals surface area contributed by atoms with Crippen molar-refractivity contribution < 1.29 is 38.3 Å². The molecule has 1 saturated heterocycles. The second-order valence-corrected chi connectivity index (χ2v) is 7.85. The van der Waals surface area contributed by atoms with E-state index in [1.807, 2.05) is 6.92 Å². The smallest absolute Gasteiger partial charge is 0.462 e. The normalized spacial score (nSPS) is 20.9. The number of carbonyl (C=O) groups is 1. The van der Waals surface area contributed by atoms with Crippen LogP contribution in [0.1, 0.15) is 38.5 Å². The molecule has 0 amide bonds. The SMILES string of the molecule is C=C(C)C(=O)OCCC.Cc1cn([C@H]2C[C@H](O)[C@@H](COP(=O)(O)O)O2)c(=O)[nH]c1=O. The lowest BCUT2D eigenvalue weighted by atomic mass is 10.2. The molecule has 0 bridgehead atoms. The van der Waals surface area contributed by atoms with E-state index in [-0.39, 0.29) is 12.4 Å². The van der Waals surface area contributed by atoms with Crippen molar-refractivity contribution >= 4 is 13.8 Å². The molecule has 1 aliphatic rings. The van der Waals surface area contributed by atoms with Gasteiger partial charge in [-0.3, -0.25) is 18.9 Å². The number of hydrogen-bond acceptors (Lipinski definition) is 8. The molecule has 1 aliphatic heterocycles. The van der Waals surface area contributed by atoms with E-state index in [0.29, 0.717) is 17.7 Å². The van der Waals surface area contributed by atoms with Gasteiger partial charge < -0.3 is 24.4 Å². The van der Waals surface area contributed by atoms with E-state index in [0.717, 1.165) is 11.0 Å². The number of rotatable bonds is 7. The van der Waals surface area contributed by atoms with Gasteiger partial charge in [-0.05, 0) is 20.3 Å². The third-order valence-electron chi connectivity index (χ3n) is 3.85. The van der Waals surface area contributed by atoms with Crippen LogP contribution in [0.3, 0.4) is 0 Å². The highest BCUT2D eigenvalue weighted by molar-refractivity contribution is 7.46. The lowest BCUT2D eigenvalue weighted by molar-refractivity contribution is -0.138. The minimum absolute atomic E-state index is 0.0283. The Morgan fingerprint density at radius 2 is 2.07 bits per heavy atom. The predicted molar refractivity (Wildman–Crippen MR) is 105 cm³/mol. The van der Waals surface area contributed by atoms with E-state index >= 15 is 0 Å². The van der Waals surface area contributed by atoms with Gasteiger partial charge >= 0.3 is 19.5 Å². The van der Waals surface area contributed by atoms with Gasteiger partial charge in [-0.1, -0.05) is 13.5 Å². The van der Waals surface area contributed by atoms with E-state index in [1.165, 1.54) is 13.1 Å². The van der Waals surface area contributed by atoms with Crippen LogP contribution in [0.5, 0.6) is 0 Å². The molecule has 4 N–H and O–H groups in total. The topological polar surface area (TPSA) is 177 Å². The van der Waals surface area contributed by atoms with Gasteiger partial charge in [0, 0.05) is 23.8 Å². The third kappa shape index (κ3) is 8.34. The second kappa shape index (κ2) is 11.3. The van der Waals surface area contributed by atoms with Crippen LogP contribution < -0.4 is 11.2 Å². The summed E-state index contributed by atoms with van der Waals surface area (Å²) in [5, 5.41) is 9.79. The van der Waals surface area contributed by atoms with Gasteiger partial charge in [0.1, 0.15) is 12.3 Å². The van der Waals surface area contributed by atoms with Crippen molar-refractivity contribution in [2.24, 2.45) is 0 Å². The maximum atomic E-state index is 11.7. The number of esters is 1. The van der Waals surface area contributed by atoms with Crippen molar-refractivity contribution in [1.29, 1.82) is 0 Å². The van der Waals surface area contributed by atoms with Gasteiger partial charge in [0.25, 0.3) is 5.56 Å². The fourth-order valence-electron chi connectivity index (χ4n) is 2.32. The highest BCUT2D eigenvalue weighted by Crippen LogP contribution is 2.38. The Hall–Kier alpha value is -2.08. The van der Waals surface area contributed by atoms with Gasteiger partial charge in [0.05, 0.1) is 19.3 Å². The van der Waals surface area contributed by atoms with E-state index in [9.17, 15) is 24.1 Å². The summed E-state index contributed by atoms with van der Waals surface area (Å²) in [6.45, 7) is 8.51. The standard InChI is InChI=1S/C10H15N2O8P.C7H12O2/c1-5-3-12(10(15)11-9(5)14)8-2-6(13)7(20-8)4-19-21(16,17)18;1-4-5-9-7(8)6(2)3/h3,6-8,13H,2,4H2,1H3,(H,11,14,15)(H2,16,17,18);2,4-5H2,1,3H3/t6-,7+,8+;/m0./s1. The Morgan fingerprint density at radius 1 is 1.43 bits per heavy atom. The number of nitrogens with one attached hydrogen (secondary N) is 1. The van der Waals surface area contributed by atoms with E-state index < -0.39 is 44.1 Å². The van der Waals surface area contributed by atoms with Gasteiger partial charge in [-0.25, -0.2) is 14.2 Å². The van der Waals surface area contributed by atoms with Gasteiger partial charge in [0.2, 0.25) is 0 Å². The van der Waals surface area contributed by atoms with Crippen LogP contribution >= 0.6 is 7.82 Å². The number of aromatic amines is 1. The molecular formula is C17H27N2O10P. The fraction of sp³-hybridized carbons (Fsp3) is 0.588. The Kier molecular flexibility index (Phi) is 9.82. The van der Waals surface area contributed by atoms with Gasteiger partial charge in [0.15, 0.2) is 0 Å². The summed E-state index contributed by atoms with van der Waals surface area (Å²) < 4.78 is 26.1. The number of aromatic nitrogens is 2. The average Bonchev–Trinajstić information content (AvgIpc) is 3.01. The maximum absolute atomic E-state index is 11.7. The number of ether oxygens (including phenoxy) is 2. The summed E-state index contributed by atoms with van der Waals surface area (Å²) in [4.78, 5) is 52.9. The third-order valence-corrected chi connectivity index (χ3v) is 4.34. The quantitative estimate of drug-likeness (QED) is 0.253. The molecule has 1 aromatic heterocycles. The first kappa shape index (κ1) is 26.0. The molecule has 2 rings (SSSR count). The first-order valence-corrected chi connectivity index (χ1v) is 10.6. The zero-order valence-corrected chi connectivity index (χ0v) is 17.8. The molecule has 0 spiro atoms. The lowest BCUT2D eigenvalue weighted by Gasteiger charge is -2.16. The van der Waals surface area contributed by atoms with E-state index in [2.05, 4.69) is 16.1 Å². The number of nitrogens with zero attached hydrogens (tertiary/aromatic N) is 1. The maximum Gasteiger partial charge on any atom is 0.469 e. The molecule has 3 atom stereocenters. The number of H-pyrrole nitrogens is 1. The molecule has 13 heteroatoms. The molecule has 30 heavy (non-hydrogen) atoms. The number of hydrogen-bond donors (Lipinski definition) is 4. The van der Waals surface area contributed by atoms with Gasteiger partial charge in [-0.15, -0.1) is 0 Å². The molecule has 170 valence electrons. The minimum atomic E-state index is -4.67. The Bertz CT molecular complexity index is 903. The second-order valence-electron chi connectivity index (χ2n) is 6.61. The summed E-state index contributed by atoms with van der Waals surface area (Å²) in [5.41, 5.74) is -0.457. The summed E-state index contributed by atoms with van der Waals surface area (Å²) in [6.07, 6.45) is -0.708. The largest absolute Gasteiger partial charge is 0.469 e. The van der Waals surface area contributed by atoms with Crippen LogP contribution in [0.25, 0.3) is 0 Å². The van der Waals surface area contributed by atoms with Crippen LogP contribution in [0.15, 0.2) is 27.9 Å². The molecule has 0 unspecified atom stereocenters. The Labute approximate surface area is 172 Å². The van der Waals surface area contributed by atoms with Crippen LogP contribution in [0.2, 0.25) is 0 Å². The van der Waals surface area contributed by atoms with Crippen LogP contribution in [-0.4, -0.2) is 55.8 Å². The fourth-order valence-corrected chi connectivity index (χ4v) is 2.67. The lowest BCUT2D eigenvalue weighted by Crippen LogP contribution is -2.33. The van der Waals surface area contributed by atoms with Crippen molar-refractivity contribution in [1.82, 2.24) is 9.55 Å². The molecule has 12 nitrogen and oxygen atoms in total. The zero-order valence-electron chi connectivity index (χ0n) is 16.9. The molecular weight excluding hydrogens is 423 g/mol. The Morgan fingerprint density at radius 3 is 2.60 bits per heavy atom. The number of aliphatic hydroxyl groups excluding tert-OH is 1. The number of carbonyl (C=O) groups excluding carboxylic acids is 1. The van der Waals surface area contributed by atoms with E-state index in [4.69, 9.17) is 19.3 Å². The Balaban J connectivity index is 0.000000424. The first-order valence-electron chi connectivity index (χ1n) is 9.04. The monoisotopic (exact) mass is 450 g/mol. The molecule has 0 aliphatic carbocycles. The summed E-state index contributed by atoms with van der Waals surface area (Å²) in [7, 11) is -4.67. The molecule has 0 radical (unpaired) electrons. The summed E-state index contributed by atoms with van der Waals surface area (Å²) in [6, 6.07) is 0. The number of aryl methyl sites for hydroxylation is 1.